The summed E-state index contributed by atoms with van der Waals surface area (Å²) >= 11 is 3.47. The molecule has 2 heterocycles. The minimum atomic E-state index is 0.0191. The summed E-state index contributed by atoms with van der Waals surface area (Å²) in [6.45, 7) is 3.72. The third-order valence-electron chi connectivity index (χ3n) is 4.12. The Morgan fingerprint density at radius 3 is 2.67 bits per heavy atom. The van der Waals surface area contributed by atoms with Crippen LogP contribution in [0, 0.1) is 0 Å². The van der Waals surface area contributed by atoms with E-state index in [2.05, 4.69) is 43.3 Å². The molecule has 126 valence electrons. The highest BCUT2D eigenvalue weighted by Gasteiger charge is 2.21. The fraction of sp³-hybridized carbons (Fsp3) is 0.333. The average molecular weight is 389 g/mol. The molecule has 1 aliphatic heterocycles. The maximum Gasteiger partial charge on any atom is 0.317 e. The molecule has 2 amide bonds. The Morgan fingerprint density at radius 2 is 1.96 bits per heavy atom. The van der Waals surface area contributed by atoms with Gasteiger partial charge >= 0.3 is 6.03 Å². The van der Waals surface area contributed by atoms with Gasteiger partial charge in [-0.2, -0.15) is 0 Å². The number of aromatic nitrogens is 1. The van der Waals surface area contributed by atoms with Gasteiger partial charge in [0.2, 0.25) is 0 Å². The topological polar surface area (TPSA) is 48.5 Å². The molecule has 3 rings (SSSR count). The van der Waals surface area contributed by atoms with Gasteiger partial charge in [0, 0.05) is 43.4 Å². The number of carbonyl (C=O) groups is 1. The van der Waals surface area contributed by atoms with Gasteiger partial charge < -0.3 is 15.1 Å². The zero-order valence-electron chi connectivity index (χ0n) is 13.5. The minimum absolute atomic E-state index is 0.0191. The van der Waals surface area contributed by atoms with Crippen molar-refractivity contribution in [2.75, 3.05) is 37.6 Å². The lowest BCUT2D eigenvalue weighted by Crippen LogP contribution is -2.52. The number of hydrogen-bond donors (Lipinski definition) is 1. The SMILES string of the molecule is O=C(NCCc1cccc(Br)c1)N1CCN(c2ccccn2)CC1. The number of hydrogen-bond acceptors (Lipinski definition) is 3. The number of anilines is 1. The summed E-state index contributed by atoms with van der Waals surface area (Å²) in [6, 6.07) is 14.1. The largest absolute Gasteiger partial charge is 0.353 e. The van der Waals surface area contributed by atoms with Crippen LogP contribution in [-0.2, 0) is 6.42 Å². The lowest BCUT2D eigenvalue weighted by Gasteiger charge is -2.35. The van der Waals surface area contributed by atoms with E-state index in [1.807, 2.05) is 35.2 Å². The van der Waals surface area contributed by atoms with Crippen LogP contribution in [0.2, 0.25) is 0 Å². The van der Waals surface area contributed by atoms with Crippen LogP contribution in [0.5, 0.6) is 0 Å². The molecule has 0 atom stereocenters. The molecule has 1 saturated heterocycles. The Bertz CT molecular complexity index is 672. The van der Waals surface area contributed by atoms with E-state index in [0.717, 1.165) is 42.9 Å². The van der Waals surface area contributed by atoms with Gasteiger partial charge in [0.05, 0.1) is 0 Å². The highest BCUT2D eigenvalue weighted by molar-refractivity contribution is 9.10. The van der Waals surface area contributed by atoms with Crippen LogP contribution in [-0.4, -0.2) is 48.6 Å². The van der Waals surface area contributed by atoms with Crippen LogP contribution in [0.4, 0.5) is 10.6 Å². The predicted octanol–water partition coefficient (Wildman–Crippen LogP) is 2.92. The molecule has 0 aliphatic carbocycles. The lowest BCUT2D eigenvalue weighted by molar-refractivity contribution is 0.194. The third-order valence-corrected chi connectivity index (χ3v) is 4.61. The van der Waals surface area contributed by atoms with Gasteiger partial charge in [-0.15, -0.1) is 0 Å². The average Bonchev–Trinajstić information content (AvgIpc) is 2.63. The maximum absolute atomic E-state index is 12.3. The molecule has 1 aromatic heterocycles. The molecular weight excluding hydrogens is 368 g/mol. The Hall–Kier alpha value is -2.08. The minimum Gasteiger partial charge on any atom is -0.353 e. The molecule has 1 N–H and O–H groups in total. The van der Waals surface area contributed by atoms with Crippen molar-refractivity contribution < 1.29 is 4.79 Å². The second kappa shape index (κ2) is 8.15. The number of halogens is 1. The molecule has 0 unspecified atom stereocenters. The number of nitrogens with one attached hydrogen (secondary N) is 1. The van der Waals surface area contributed by atoms with E-state index in [1.165, 1.54) is 5.56 Å². The zero-order chi connectivity index (χ0) is 16.8. The normalized spacial score (nSPS) is 14.5. The van der Waals surface area contributed by atoms with Crippen molar-refractivity contribution in [3.05, 3.63) is 58.7 Å². The fourth-order valence-corrected chi connectivity index (χ4v) is 3.24. The summed E-state index contributed by atoms with van der Waals surface area (Å²) < 4.78 is 1.07. The van der Waals surface area contributed by atoms with Crippen molar-refractivity contribution in [3.63, 3.8) is 0 Å². The fourth-order valence-electron chi connectivity index (χ4n) is 2.80. The quantitative estimate of drug-likeness (QED) is 0.875. The number of amides is 2. The van der Waals surface area contributed by atoms with E-state index in [1.54, 1.807) is 6.20 Å². The van der Waals surface area contributed by atoms with Crippen molar-refractivity contribution >= 4 is 27.8 Å². The summed E-state index contributed by atoms with van der Waals surface area (Å²) in [7, 11) is 0. The lowest BCUT2D eigenvalue weighted by atomic mass is 10.1. The van der Waals surface area contributed by atoms with Gasteiger partial charge in [0.15, 0.2) is 0 Å². The molecule has 0 radical (unpaired) electrons. The first-order valence-corrected chi connectivity index (χ1v) is 8.95. The van der Waals surface area contributed by atoms with Gasteiger partial charge in [0.1, 0.15) is 5.82 Å². The molecule has 0 spiro atoms. The monoisotopic (exact) mass is 388 g/mol. The summed E-state index contributed by atoms with van der Waals surface area (Å²) in [5, 5.41) is 3.01. The molecule has 6 heteroatoms. The molecule has 2 aromatic rings. The number of piperazine rings is 1. The number of pyridine rings is 1. The zero-order valence-corrected chi connectivity index (χ0v) is 15.1. The van der Waals surface area contributed by atoms with E-state index >= 15 is 0 Å². The molecule has 1 fully saturated rings. The number of benzene rings is 1. The van der Waals surface area contributed by atoms with Crippen LogP contribution in [0.1, 0.15) is 5.56 Å². The van der Waals surface area contributed by atoms with Crippen molar-refractivity contribution in [2.45, 2.75) is 6.42 Å². The Balaban J connectivity index is 1.42. The van der Waals surface area contributed by atoms with Crippen molar-refractivity contribution in [1.29, 1.82) is 0 Å². The number of urea groups is 1. The Morgan fingerprint density at radius 1 is 1.12 bits per heavy atom. The smallest absolute Gasteiger partial charge is 0.317 e. The molecule has 5 nitrogen and oxygen atoms in total. The van der Waals surface area contributed by atoms with Crippen molar-refractivity contribution in [3.8, 4) is 0 Å². The van der Waals surface area contributed by atoms with Crippen LogP contribution in [0.15, 0.2) is 53.1 Å². The van der Waals surface area contributed by atoms with E-state index in [-0.39, 0.29) is 6.03 Å². The Kier molecular flexibility index (Phi) is 5.69. The summed E-state index contributed by atoms with van der Waals surface area (Å²) in [4.78, 5) is 20.7. The van der Waals surface area contributed by atoms with E-state index in [9.17, 15) is 4.79 Å². The predicted molar refractivity (Wildman–Crippen MR) is 99.3 cm³/mol. The maximum atomic E-state index is 12.3. The highest BCUT2D eigenvalue weighted by atomic mass is 79.9. The highest BCUT2D eigenvalue weighted by Crippen LogP contribution is 2.13. The molecule has 1 aliphatic rings. The van der Waals surface area contributed by atoms with Crippen molar-refractivity contribution in [2.24, 2.45) is 0 Å². The van der Waals surface area contributed by atoms with Gasteiger partial charge in [-0.1, -0.05) is 34.1 Å². The first-order valence-electron chi connectivity index (χ1n) is 8.15. The van der Waals surface area contributed by atoms with Gasteiger partial charge in [-0.3, -0.25) is 0 Å². The van der Waals surface area contributed by atoms with Crippen molar-refractivity contribution in [1.82, 2.24) is 15.2 Å². The third kappa shape index (κ3) is 4.47. The van der Waals surface area contributed by atoms with Crippen LogP contribution in [0.3, 0.4) is 0 Å². The second-order valence-electron chi connectivity index (χ2n) is 5.77. The van der Waals surface area contributed by atoms with Gasteiger partial charge in [0.25, 0.3) is 0 Å². The van der Waals surface area contributed by atoms with Crippen LogP contribution in [0.25, 0.3) is 0 Å². The second-order valence-corrected chi connectivity index (χ2v) is 6.69. The molecular formula is C18H21BrN4O. The molecule has 0 bridgehead atoms. The Labute approximate surface area is 150 Å². The standard InChI is InChI=1S/C18H21BrN4O/c19-16-5-3-4-15(14-16)7-9-21-18(24)23-12-10-22(11-13-23)17-6-1-2-8-20-17/h1-6,8,14H,7,9-13H2,(H,21,24). The van der Waals surface area contributed by atoms with Gasteiger partial charge in [-0.25, -0.2) is 9.78 Å². The number of nitrogens with zero attached hydrogens (tertiary/aromatic N) is 3. The van der Waals surface area contributed by atoms with Crippen LogP contribution < -0.4 is 10.2 Å². The number of rotatable bonds is 4. The van der Waals surface area contributed by atoms with E-state index in [0.29, 0.717) is 6.54 Å². The van der Waals surface area contributed by atoms with E-state index < -0.39 is 0 Å². The van der Waals surface area contributed by atoms with Crippen LogP contribution >= 0.6 is 15.9 Å². The van der Waals surface area contributed by atoms with Gasteiger partial charge in [-0.05, 0) is 36.2 Å². The van der Waals surface area contributed by atoms with E-state index in [4.69, 9.17) is 0 Å². The first-order chi connectivity index (χ1) is 11.7. The first kappa shape index (κ1) is 16.8. The molecule has 0 saturated carbocycles. The number of carbonyl (C=O) groups excluding carboxylic acids is 1. The molecule has 1 aromatic carbocycles. The summed E-state index contributed by atoms with van der Waals surface area (Å²) in [6.07, 6.45) is 2.63. The summed E-state index contributed by atoms with van der Waals surface area (Å²) in [5.74, 6) is 0.979. The molecule has 24 heavy (non-hydrogen) atoms. The summed E-state index contributed by atoms with van der Waals surface area (Å²) in [5.41, 5.74) is 1.21.